The van der Waals surface area contributed by atoms with Crippen LogP contribution in [0, 0.1) is 5.92 Å². The Hall–Kier alpha value is -1.44. The SMILES string of the molecule is C=C(C)C(=O)C(C)Cc1cccnc1. The number of Topliss-reactive ketones (excluding diaryl/α,β-unsaturated/α-hetero) is 1. The van der Waals surface area contributed by atoms with Gasteiger partial charge in [0.15, 0.2) is 5.78 Å². The molecule has 2 heteroatoms. The van der Waals surface area contributed by atoms with Crippen LogP contribution in [0.25, 0.3) is 0 Å². The molecule has 0 radical (unpaired) electrons. The quantitative estimate of drug-likeness (QED) is 0.681. The van der Waals surface area contributed by atoms with Gasteiger partial charge in [-0.3, -0.25) is 9.78 Å². The number of ketones is 1. The van der Waals surface area contributed by atoms with Crippen molar-refractivity contribution in [3.63, 3.8) is 0 Å². The van der Waals surface area contributed by atoms with Crippen LogP contribution in [-0.4, -0.2) is 10.8 Å². The van der Waals surface area contributed by atoms with Gasteiger partial charge in [-0.25, -0.2) is 0 Å². The topological polar surface area (TPSA) is 30.0 Å². The molecule has 1 heterocycles. The highest BCUT2D eigenvalue weighted by atomic mass is 16.1. The third-order valence-corrected chi connectivity index (χ3v) is 2.13. The lowest BCUT2D eigenvalue weighted by atomic mass is 9.95. The van der Waals surface area contributed by atoms with Crippen LogP contribution in [-0.2, 0) is 11.2 Å². The maximum Gasteiger partial charge on any atom is 0.161 e. The Morgan fingerprint density at radius 1 is 1.64 bits per heavy atom. The highest BCUT2D eigenvalue weighted by Crippen LogP contribution is 2.11. The van der Waals surface area contributed by atoms with E-state index in [1.807, 2.05) is 19.1 Å². The number of rotatable bonds is 4. The minimum atomic E-state index is -0.00306. The summed E-state index contributed by atoms with van der Waals surface area (Å²) in [5.74, 6) is 0.130. The zero-order valence-electron chi connectivity index (χ0n) is 8.66. The van der Waals surface area contributed by atoms with E-state index in [2.05, 4.69) is 11.6 Å². The lowest BCUT2D eigenvalue weighted by Crippen LogP contribution is -2.14. The number of hydrogen-bond acceptors (Lipinski definition) is 2. The van der Waals surface area contributed by atoms with Gasteiger partial charge in [-0.15, -0.1) is 0 Å². The van der Waals surface area contributed by atoms with Crippen LogP contribution in [0.2, 0.25) is 0 Å². The van der Waals surface area contributed by atoms with Crippen molar-refractivity contribution in [2.75, 3.05) is 0 Å². The molecule has 0 aliphatic carbocycles. The van der Waals surface area contributed by atoms with Crippen molar-refractivity contribution in [2.24, 2.45) is 5.92 Å². The van der Waals surface area contributed by atoms with Gasteiger partial charge in [0, 0.05) is 18.3 Å². The zero-order valence-corrected chi connectivity index (χ0v) is 8.66. The number of nitrogens with zero attached hydrogens (tertiary/aromatic N) is 1. The Morgan fingerprint density at radius 3 is 2.86 bits per heavy atom. The molecular formula is C12H15NO. The van der Waals surface area contributed by atoms with E-state index < -0.39 is 0 Å². The molecule has 74 valence electrons. The predicted octanol–water partition coefficient (Wildman–Crippen LogP) is 2.41. The van der Waals surface area contributed by atoms with Crippen LogP contribution in [0.15, 0.2) is 36.7 Å². The molecule has 0 aliphatic rings. The van der Waals surface area contributed by atoms with E-state index >= 15 is 0 Å². The van der Waals surface area contributed by atoms with Crippen molar-refractivity contribution in [3.8, 4) is 0 Å². The van der Waals surface area contributed by atoms with Gasteiger partial charge < -0.3 is 0 Å². The number of aromatic nitrogens is 1. The van der Waals surface area contributed by atoms with E-state index in [9.17, 15) is 4.79 Å². The van der Waals surface area contributed by atoms with Crippen LogP contribution >= 0.6 is 0 Å². The third kappa shape index (κ3) is 2.80. The van der Waals surface area contributed by atoms with Crippen LogP contribution in [0.4, 0.5) is 0 Å². The third-order valence-electron chi connectivity index (χ3n) is 2.13. The Kier molecular flexibility index (Phi) is 3.57. The van der Waals surface area contributed by atoms with Crippen LogP contribution in [0.1, 0.15) is 19.4 Å². The highest BCUT2D eigenvalue weighted by molar-refractivity contribution is 5.95. The molecule has 0 aliphatic heterocycles. The molecule has 1 aromatic heterocycles. The number of carbonyl (C=O) groups excluding carboxylic acids is 1. The predicted molar refractivity (Wildman–Crippen MR) is 56.9 cm³/mol. The van der Waals surface area contributed by atoms with Gasteiger partial charge in [-0.05, 0) is 30.5 Å². The molecule has 1 rings (SSSR count). The van der Waals surface area contributed by atoms with Crippen LogP contribution in [0.3, 0.4) is 0 Å². The second kappa shape index (κ2) is 4.70. The summed E-state index contributed by atoms with van der Waals surface area (Å²) in [6.45, 7) is 7.33. The number of hydrogen-bond donors (Lipinski definition) is 0. The van der Waals surface area contributed by atoms with Crippen LogP contribution < -0.4 is 0 Å². The lowest BCUT2D eigenvalue weighted by Gasteiger charge is -2.09. The number of pyridine rings is 1. The summed E-state index contributed by atoms with van der Waals surface area (Å²) in [5.41, 5.74) is 1.72. The maximum absolute atomic E-state index is 11.5. The maximum atomic E-state index is 11.5. The van der Waals surface area contributed by atoms with E-state index in [1.54, 1.807) is 19.3 Å². The average molecular weight is 189 g/mol. The fourth-order valence-corrected chi connectivity index (χ4v) is 1.39. The lowest BCUT2D eigenvalue weighted by molar-refractivity contribution is -0.118. The van der Waals surface area contributed by atoms with Crippen molar-refractivity contribution in [2.45, 2.75) is 20.3 Å². The summed E-state index contributed by atoms with van der Waals surface area (Å²) in [5, 5.41) is 0. The van der Waals surface area contributed by atoms with E-state index in [-0.39, 0.29) is 11.7 Å². The molecule has 1 atom stereocenters. The summed E-state index contributed by atoms with van der Waals surface area (Å²) in [4.78, 5) is 15.5. The van der Waals surface area contributed by atoms with Gasteiger partial charge in [0.2, 0.25) is 0 Å². The smallest absolute Gasteiger partial charge is 0.161 e. The molecule has 0 N–H and O–H groups in total. The van der Waals surface area contributed by atoms with E-state index in [0.717, 1.165) is 12.0 Å². The fourth-order valence-electron chi connectivity index (χ4n) is 1.39. The summed E-state index contributed by atoms with van der Waals surface area (Å²) < 4.78 is 0. The van der Waals surface area contributed by atoms with Crippen molar-refractivity contribution in [1.29, 1.82) is 0 Å². The number of carbonyl (C=O) groups is 1. The second-order valence-corrected chi connectivity index (χ2v) is 3.61. The van der Waals surface area contributed by atoms with Crippen molar-refractivity contribution < 1.29 is 4.79 Å². The Morgan fingerprint density at radius 2 is 2.36 bits per heavy atom. The average Bonchev–Trinajstić information content (AvgIpc) is 2.18. The first-order valence-corrected chi connectivity index (χ1v) is 4.70. The Labute approximate surface area is 84.7 Å². The van der Waals surface area contributed by atoms with Gasteiger partial charge >= 0.3 is 0 Å². The van der Waals surface area contributed by atoms with Crippen molar-refractivity contribution in [1.82, 2.24) is 4.98 Å². The van der Waals surface area contributed by atoms with E-state index in [1.165, 1.54) is 0 Å². The van der Waals surface area contributed by atoms with Gasteiger partial charge in [0.25, 0.3) is 0 Å². The van der Waals surface area contributed by atoms with Gasteiger partial charge in [0.1, 0.15) is 0 Å². The number of allylic oxidation sites excluding steroid dienone is 1. The minimum Gasteiger partial charge on any atom is -0.294 e. The normalized spacial score (nSPS) is 12.1. The Bertz CT molecular complexity index is 329. The van der Waals surface area contributed by atoms with Crippen molar-refractivity contribution in [3.05, 3.63) is 42.2 Å². The molecule has 0 spiro atoms. The van der Waals surface area contributed by atoms with E-state index in [4.69, 9.17) is 0 Å². The molecule has 0 saturated carbocycles. The first-order chi connectivity index (χ1) is 6.61. The van der Waals surface area contributed by atoms with Gasteiger partial charge in [-0.2, -0.15) is 0 Å². The molecule has 14 heavy (non-hydrogen) atoms. The molecule has 0 saturated heterocycles. The van der Waals surface area contributed by atoms with Gasteiger partial charge in [-0.1, -0.05) is 19.6 Å². The summed E-state index contributed by atoms with van der Waals surface area (Å²) in [6, 6.07) is 3.86. The minimum absolute atomic E-state index is 0.00306. The molecule has 0 aromatic carbocycles. The van der Waals surface area contributed by atoms with Crippen molar-refractivity contribution >= 4 is 5.78 Å². The highest BCUT2D eigenvalue weighted by Gasteiger charge is 2.13. The standard InChI is InChI=1S/C12H15NO/c1-9(2)12(14)10(3)7-11-5-4-6-13-8-11/h4-6,8,10H,1,7H2,2-3H3. The largest absolute Gasteiger partial charge is 0.294 e. The summed E-state index contributed by atoms with van der Waals surface area (Å²) >= 11 is 0. The first kappa shape index (κ1) is 10.6. The monoisotopic (exact) mass is 189 g/mol. The molecule has 2 nitrogen and oxygen atoms in total. The molecule has 0 bridgehead atoms. The zero-order chi connectivity index (χ0) is 10.6. The molecule has 0 amide bonds. The molecular weight excluding hydrogens is 174 g/mol. The fraction of sp³-hybridized carbons (Fsp3) is 0.333. The van der Waals surface area contributed by atoms with E-state index in [0.29, 0.717) is 5.57 Å². The van der Waals surface area contributed by atoms with Gasteiger partial charge in [0.05, 0.1) is 0 Å². The molecule has 0 fully saturated rings. The molecule has 1 unspecified atom stereocenters. The second-order valence-electron chi connectivity index (χ2n) is 3.61. The summed E-state index contributed by atoms with van der Waals surface area (Å²) in [7, 11) is 0. The summed E-state index contributed by atoms with van der Waals surface area (Å²) in [6.07, 6.45) is 4.26. The molecule has 1 aromatic rings. The van der Waals surface area contributed by atoms with Crippen LogP contribution in [0.5, 0.6) is 0 Å². The first-order valence-electron chi connectivity index (χ1n) is 4.70. The Balaban J connectivity index is 2.62.